The summed E-state index contributed by atoms with van der Waals surface area (Å²) in [5.74, 6) is 0.726. The van der Waals surface area contributed by atoms with Crippen molar-refractivity contribution in [1.82, 2.24) is 4.90 Å². The van der Waals surface area contributed by atoms with Gasteiger partial charge in [-0.25, -0.2) is 0 Å². The maximum Gasteiger partial charge on any atom is 0.160 e. The van der Waals surface area contributed by atoms with Gasteiger partial charge in [-0.2, -0.15) is 0 Å². The number of ether oxygens (including phenoxy) is 1. The summed E-state index contributed by atoms with van der Waals surface area (Å²) in [6.45, 7) is 4.09. The first-order chi connectivity index (χ1) is 8.60. The molecule has 0 spiro atoms. The van der Waals surface area contributed by atoms with Crippen molar-refractivity contribution in [2.45, 2.75) is 38.4 Å². The van der Waals surface area contributed by atoms with E-state index in [9.17, 15) is 5.11 Å². The number of phenolic OH excluding ortho intramolecular Hbond substituents is 1. The zero-order valence-electron chi connectivity index (χ0n) is 11.1. The summed E-state index contributed by atoms with van der Waals surface area (Å²) in [6.07, 6.45) is 2.09. The molecule has 1 aromatic rings. The van der Waals surface area contributed by atoms with Crippen molar-refractivity contribution >= 4 is 0 Å². The highest BCUT2D eigenvalue weighted by molar-refractivity contribution is 5.41. The molecule has 1 saturated heterocycles. The first-order valence-corrected chi connectivity index (χ1v) is 6.45. The van der Waals surface area contributed by atoms with Gasteiger partial charge < -0.3 is 15.6 Å². The van der Waals surface area contributed by atoms with Gasteiger partial charge in [0.05, 0.1) is 7.11 Å². The Morgan fingerprint density at radius 1 is 1.50 bits per heavy atom. The minimum Gasteiger partial charge on any atom is -0.504 e. The van der Waals surface area contributed by atoms with Gasteiger partial charge in [0.2, 0.25) is 0 Å². The molecule has 1 aliphatic heterocycles. The quantitative estimate of drug-likeness (QED) is 0.857. The summed E-state index contributed by atoms with van der Waals surface area (Å²) in [5, 5.41) is 9.77. The van der Waals surface area contributed by atoms with Gasteiger partial charge in [-0.3, -0.25) is 4.90 Å². The molecule has 0 saturated carbocycles. The van der Waals surface area contributed by atoms with E-state index in [4.69, 9.17) is 10.5 Å². The third-order valence-corrected chi connectivity index (χ3v) is 3.68. The van der Waals surface area contributed by atoms with Crippen LogP contribution in [0.3, 0.4) is 0 Å². The van der Waals surface area contributed by atoms with Crippen LogP contribution in [-0.2, 0) is 6.54 Å². The van der Waals surface area contributed by atoms with Gasteiger partial charge >= 0.3 is 0 Å². The Labute approximate surface area is 108 Å². The smallest absolute Gasteiger partial charge is 0.160 e. The number of hydrogen-bond acceptors (Lipinski definition) is 4. The highest BCUT2D eigenvalue weighted by atomic mass is 16.5. The van der Waals surface area contributed by atoms with Gasteiger partial charge in [0.1, 0.15) is 0 Å². The van der Waals surface area contributed by atoms with Gasteiger partial charge in [0.15, 0.2) is 11.5 Å². The molecule has 0 aliphatic carbocycles. The zero-order chi connectivity index (χ0) is 13.1. The van der Waals surface area contributed by atoms with E-state index in [0.717, 1.165) is 31.5 Å². The van der Waals surface area contributed by atoms with Crippen LogP contribution in [0.15, 0.2) is 18.2 Å². The Kier molecular flexibility index (Phi) is 4.09. The number of nitrogens with zero attached hydrogens (tertiary/aromatic N) is 1. The fourth-order valence-corrected chi connectivity index (χ4v) is 2.56. The average molecular weight is 250 g/mol. The second-order valence-electron chi connectivity index (χ2n) is 5.11. The molecule has 1 aromatic carbocycles. The van der Waals surface area contributed by atoms with Crippen LogP contribution < -0.4 is 10.5 Å². The minimum absolute atomic E-state index is 0.205. The van der Waals surface area contributed by atoms with Gasteiger partial charge in [0.25, 0.3) is 0 Å². The Morgan fingerprint density at radius 3 is 2.89 bits per heavy atom. The molecule has 1 heterocycles. The molecule has 0 radical (unpaired) electrons. The molecular formula is C14H22N2O2. The predicted molar refractivity (Wildman–Crippen MR) is 71.7 cm³/mol. The van der Waals surface area contributed by atoms with E-state index < -0.39 is 0 Å². The van der Waals surface area contributed by atoms with Crippen LogP contribution >= 0.6 is 0 Å². The average Bonchev–Trinajstić information content (AvgIpc) is 2.33. The van der Waals surface area contributed by atoms with E-state index in [1.165, 1.54) is 0 Å². The fraction of sp³-hybridized carbons (Fsp3) is 0.571. The molecule has 1 fully saturated rings. The lowest BCUT2D eigenvalue weighted by molar-refractivity contribution is 0.140. The van der Waals surface area contributed by atoms with E-state index in [2.05, 4.69) is 11.8 Å². The topological polar surface area (TPSA) is 58.7 Å². The van der Waals surface area contributed by atoms with E-state index in [-0.39, 0.29) is 5.75 Å². The molecule has 2 unspecified atom stereocenters. The number of rotatable bonds is 3. The number of aromatic hydroxyl groups is 1. The van der Waals surface area contributed by atoms with Crippen LogP contribution in [0, 0.1) is 0 Å². The van der Waals surface area contributed by atoms with Crippen molar-refractivity contribution in [3.05, 3.63) is 23.8 Å². The highest BCUT2D eigenvalue weighted by Gasteiger charge is 2.23. The second-order valence-corrected chi connectivity index (χ2v) is 5.11. The maximum absolute atomic E-state index is 9.77. The van der Waals surface area contributed by atoms with Gasteiger partial charge in [0, 0.05) is 25.2 Å². The van der Waals surface area contributed by atoms with Crippen molar-refractivity contribution in [3.8, 4) is 11.5 Å². The van der Waals surface area contributed by atoms with Crippen molar-refractivity contribution in [2.75, 3.05) is 13.7 Å². The summed E-state index contributed by atoms with van der Waals surface area (Å²) >= 11 is 0. The number of likely N-dealkylation sites (tertiary alicyclic amines) is 1. The third-order valence-electron chi connectivity index (χ3n) is 3.68. The number of benzene rings is 1. The summed E-state index contributed by atoms with van der Waals surface area (Å²) in [4.78, 5) is 2.41. The SMILES string of the molecule is COc1ccc(CN2CCC(N)CC2C)cc1O. The minimum atomic E-state index is 0.205. The number of nitrogens with two attached hydrogens (primary N) is 1. The van der Waals surface area contributed by atoms with Crippen molar-refractivity contribution in [1.29, 1.82) is 0 Å². The van der Waals surface area contributed by atoms with E-state index in [0.29, 0.717) is 17.8 Å². The van der Waals surface area contributed by atoms with Crippen LogP contribution in [0.4, 0.5) is 0 Å². The molecule has 1 aliphatic rings. The molecule has 18 heavy (non-hydrogen) atoms. The first-order valence-electron chi connectivity index (χ1n) is 6.45. The molecule has 4 heteroatoms. The highest BCUT2D eigenvalue weighted by Crippen LogP contribution is 2.27. The fourth-order valence-electron chi connectivity index (χ4n) is 2.56. The molecule has 0 bridgehead atoms. The standard InChI is InChI=1S/C14H22N2O2/c1-10-7-12(15)5-6-16(10)9-11-3-4-14(18-2)13(17)8-11/h3-4,8,10,12,17H,5-7,9,15H2,1-2H3. The van der Waals surface area contributed by atoms with E-state index >= 15 is 0 Å². The molecule has 0 amide bonds. The normalized spacial score (nSPS) is 25.1. The summed E-state index contributed by atoms with van der Waals surface area (Å²) in [5.41, 5.74) is 7.07. The number of phenols is 1. The van der Waals surface area contributed by atoms with Crippen molar-refractivity contribution < 1.29 is 9.84 Å². The number of methoxy groups -OCH3 is 1. The Balaban J connectivity index is 2.03. The summed E-state index contributed by atoms with van der Waals surface area (Å²) in [7, 11) is 1.56. The zero-order valence-corrected chi connectivity index (χ0v) is 11.1. The van der Waals surface area contributed by atoms with E-state index in [1.807, 2.05) is 12.1 Å². The second kappa shape index (κ2) is 5.59. The van der Waals surface area contributed by atoms with Gasteiger partial charge in [-0.1, -0.05) is 6.07 Å². The molecule has 4 nitrogen and oxygen atoms in total. The lowest BCUT2D eigenvalue weighted by Crippen LogP contribution is -2.44. The molecule has 2 rings (SSSR count). The predicted octanol–water partition coefficient (Wildman–Crippen LogP) is 1.71. The Bertz CT molecular complexity index is 409. The van der Waals surface area contributed by atoms with Gasteiger partial charge in [-0.05, 0) is 37.5 Å². The molecule has 3 N–H and O–H groups in total. The third kappa shape index (κ3) is 2.94. The van der Waals surface area contributed by atoms with Crippen LogP contribution in [0.25, 0.3) is 0 Å². The van der Waals surface area contributed by atoms with Crippen LogP contribution in [0.5, 0.6) is 11.5 Å². The first kappa shape index (κ1) is 13.2. The molecular weight excluding hydrogens is 228 g/mol. The maximum atomic E-state index is 9.77. The summed E-state index contributed by atoms with van der Waals surface area (Å²) in [6, 6.07) is 6.42. The monoisotopic (exact) mass is 250 g/mol. The van der Waals surface area contributed by atoms with E-state index in [1.54, 1.807) is 13.2 Å². The lowest BCUT2D eigenvalue weighted by atomic mass is 9.98. The molecule has 100 valence electrons. The largest absolute Gasteiger partial charge is 0.504 e. The van der Waals surface area contributed by atoms with Gasteiger partial charge in [-0.15, -0.1) is 0 Å². The lowest BCUT2D eigenvalue weighted by Gasteiger charge is -2.36. The summed E-state index contributed by atoms with van der Waals surface area (Å²) < 4.78 is 5.04. The Morgan fingerprint density at radius 2 is 2.28 bits per heavy atom. The molecule has 0 aromatic heterocycles. The van der Waals surface area contributed by atoms with Crippen LogP contribution in [0.1, 0.15) is 25.3 Å². The number of hydrogen-bond donors (Lipinski definition) is 2. The Hall–Kier alpha value is -1.26. The molecule has 2 atom stereocenters. The van der Waals surface area contributed by atoms with Crippen LogP contribution in [0.2, 0.25) is 0 Å². The van der Waals surface area contributed by atoms with Crippen molar-refractivity contribution in [2.24, 2.45) is 5.73 Å². The number of piperidine rings is 1. The van der Waals surface area contributed by atoms with Crippen molar-refractivity contribution in [3.63, 3.8) is 0 Å². The van der Waals surface area contributed by atoms with Crippen LogP contribution in [-0.4, -0.2) is 35.7 Å².